The van der Waals surface area contributed by atoms with E-state index in [0.717, 1.165) is 25.7 Å². The van der Waals surface area contributed by atoms with Gasteiger partial charge in [0.1, 0.15) is 5.69 Å². The van der Waals surface area contributed by atoms with E-state index in [0.29, 0.717) is 0 Å². The average molecular weight is 307 g/mol. The van der Waals surface area contributed by atoms with Crippen molar-refractivity contribution < 1.29 is 9.72 Å². The third-order valence-corrected chi connectivity index (χ3v) is 3.77. The molecule has 21 heavy (non-hydrogen) atoms. The molecule has 1 saturated carbocycles. The van der Waals surface area contributed by atoms with Crippen LogP contribution >= 0.6 is 12.2 Å². The maximum absolute atomic E-state index is 12.0. The van der Waals surface area contributed by atoms with Gasteiger partial charge in [0.05, 0.1) is 4.92 Å². The van der Waals surface area contributed by atoms with Crippen LogP contribution in [0.5, 0.6) is 0 Å². The Hall–Kier alpha value is -2.02. The van der Waals surface area contributed by atoms with Crippen LogP contribution in [0.2, 0.25) is 0 Å². The number of para-hydroxylation sites is 2. The standard InChI is InChI=1S/C14H17N3O3S/c18-13(10-6-2-1-3-7-10)16-14(21)15-11-8-4-5-9-12(11)17(19)20/h4-5,8-10H,1-3,6-7H2,(H2,15,16,18,21). The molecule has 0 aliphatic heterocycles. The van der Waals surface area contributed by atoms with Crippen molar-refractivity contribution in [3.05, 3.63) is 34.4 Å². The number of thiocarbonyl (C=S) groups is 1. The molecule has 1 aliphatic rings. The molecule has 2 rings (SSSR count). The van der Waals surface area contributed by atoms with Crippen LogP contribution in [-0.2, 0) is 4.79 Å². The van der Waals surface area contributed by atoms with Gasteiger partial charge in [0, 0.05) is 12.0 Å². The molecule has 0 unspecified atom stereocenters. The van der Waals surface area contributed by atoms with Crippen molar-refractivity contribution in [2.24, 2.45) is 5.92 Å². The molecule has 0 aromatic heterocycles. The lowest BCUT2D eigenvalue weighted by molar-refractivity contribution is -0.383. The lowest BCUT2D eigenvalue weighted by atomic mass is 9.89. The Morgan fingerprint density at radius 3 is 2.57 bits per heavy atom. The second-order valence-corrected chi connectivity index (χ2v) is 5.46. The number of benzene rings is 1. The maximum Gasteiger partial charge on any atom is 0.292 e. The summed E-state index contributed by atoms with van der Waals surface area (Å²) < 4.78 is 0. The fourth-order valence-electron chi connectivity index (χ4n) is 2.47. The first-order chi connectivity index (χ1) is 10.1. The lowest BCUT2D eigenvalue weighted by Gasteiger charge is -2.21. The molecule has 1 aliphatic carbocycles. The first kappa shape index (κ1) is 15.4. The summed E-state index contributed by atoms with van der Waals surface area (Å²) in [5, 5.41) is 16.3. The zero-order valence-electron chi connectivity index (χ0n) is 11.5. The number of carbonyl (C=O) groups excluding carboxylic acids is 1. The molecular weight excluding hydrogens is 290 g/mol. The Kier molecular flexibility index (Phi) is 5.21. The molecule has 0 bridgehead atoms. The molecular formula is C14H17N3O3S. The van der Waals surface area contributed by atoms with E-state index in [-0.39, 0.29) is 28.3 Å². The molecule has 6 nitrogen and oxygen atoms in total. The number of hydrogen-bond donors (Lipinski definition) is 2. The second-order valence-electron chi connectivity index (χ2n) is 5.05. The summed E-state index contributed by atoms with van der Waals surface area (Å²) in [7, 11) is 0. The molecule has 7 heteroatoms. The first-order valence-corrected chi connectivity index (χ1v) is 7.34. The Balaban J connectivity index is 1.95. The molecule has 1 fully saturated rings. The van der Waals surface area contributed by atoms with Crippen LogP contribution in [-0.4, -0.2) is 15.9 Å². The maximum atomic E-state index is 12.0. The Labute approximate surface area is 128 Å². The number of hydrogen-bond acceptors (Lipinski definition) is 4. The van der Waals surface area contributed by atoms with E-state index in [2.05, 4.69) is 10.6 Å². The Bertz CT molecular complexity index is 556. The summed E-state index contributed by atoms with van der Waals surface area (Å²) in [6, 6.07) is 6.18. The van der Waals surface area contributed by atoms with Crippen molar-refractivity contribution in [3.63, 3.8) is 0 Å². The minimum Gasteiger partial charge on any atom is -0.327 e. The molecule has 1 amide bonds. The SMILES string of the molecule is O=C(NC(=S)Nc1ccccc1[N+](=O)[O-])C1CCCCC1. The van der Waals surface area contributed by atoms with Crippen LogP contribution in [0.4, 0.5) is 11.4 Å². The van der Waals surface area contributed by atoms with E-state index < -0.39 is 4.92 Å². The summed E-state index contributed by atoms with van der Waals surface area (Å²) >= 11 is 5.06. The van der Waals surface area contributed by atoms with Gasteiger partial charge in [0.25, 0.3) is 5.69 Å². The van der Waals surface area contributed by atoms with Crippen LogP contribution < -0.4 is 10.6 Å². The van der Waals surface area contributed by atoms with E-state index in [1.807, 2.05) is 0 Å². The number of nitrogens with one attached hydrogen (secondary N) is 2. The van der Waals surface area contributed by atoms with E-state index >= 15 is 0 Å². The highest BCUT2D eigenvalue weighted by molar-refractivity contribution is 7.80. The minimum atomic E-state index is -0.492. The normalized spacial score (nSPS) is 15.2. The smallest absolute Gasteiger partial charge is 0.292 e. The molecule has 2 N–H and O–H groups in total. The quantitative estimate of drug-likeness (QED) is 0.509. The zero-order valence-corrected chi connectivity index (χ0v) is 12.3. The van der Waals surface area contributed by atoms with Crippen molar-refractivity contribution in [3.8, 4) is 0 Å². The number of carbonyl (C=O) groups is 1. The van der Waals surface area contributed by atoms with Crippen LogP contribution in [0.3, 0.4) is 0 Å². The summed E-state index contributed by atoms with van der Waals surface area (Å²) in [4.78, 5) is 22.5. The highest BCUT2D eigenvalue weighted by atomic mass is 32.1. The van der Waals surface area contributed by atoms with E-state index in [1.54, 1.807) is 18.2 Å². The van der Waals surface area contributed by atoms with Gasteiger partial charge in [-0.25, -0.2) is 0 Å². The summed E-state index contributed by atoms with van der Waals surface area (Å²) in [5.41, 5.74) is 0.197. The summed E-state index contributed by atoms with van der Waals surface area (Å²) in [6.07, 6.45) is 5.04. The van der Waals surface area contributed by atoms with Crippen molar-refractivity contribution in [2.75, 3.05) is 5.32 Å². The molecule has 0 saturated heterocycles. The van der Waals surface area contributed by atoms with Gasteiger partial charge in [0.2, 0.25) is 5.91 Å². The first-order valence-electron chi connectivity index (χ1n) is 6.93. The van der Waals surface area contributed by atoms with Crippen LogP contribution in [0.25, 0.3) is 0 Å². The van der Waals surface area contributed by atoms with Gasteiger partial charge in [-0.2, -0.15) is 0 Å². The highest BCUT2D eigenvalue weighted by Gasteiger charge is 2.22. The van der Waals surface area contributed by atoms with Gasteiger partial charge in [-0.15, -0.1) is 0 Å². The number of anilines is 1. The molecule has 1 aromatic carbocycles. The van der Waals surface area contributed by atoms with E-state index in [1.165, 1.54) is 12.5 Å². The second kappa shape index (κ2) is 7.12. The molecule has 0 atom stereocenters. The number of amides is 1. The fourth-order valence-corrected chi connectivity index (χ4v) is 2.68. The van der Waals surface area contributed by atoms with Gasteiger partial charge >= 0.3 is 0 Å². The number of nitrogens with zero attached hydrogens (tertiary/aromatic N) is 1. The van der Waals surface area contributed by atoms with Gasteiger partial charge in [-0.05, 0) is 31.1 Å². The topological polar surface area (TPSA) is 84.3 Å². The Morgan fingerprint density at radius 2 is 1.90 bits per heavy atom. The minimum absolute atomic E-state index is 0.00995. The molecule has 0 radical (unpaired) electrons. The van der Waals surface area contributed by atoms with Crippen LogP contribution in [0, 0.1) is 16.0 Å². The molecule has 112 valence electrons. The highest BCUT2D eigenvalue weighted by Crippen LogP contribution is 2.24. The van der Waals surface area contributed by atoms with Crippen LogP contribution in [0.15, 0.2) is 24.3 Å². The number of rotatable bonds is 3. The van der Waals surface area contributed by atoms with Crippen molar-refractivity contribution in [1.29, 1.82) is 0 Å². The van der Waals surface area contributed by atoms with Crippen molar-refractivity contribution in [1.82, 2.24) is 5.32 Å². The molecule has 1 aromatic rings. The molecule has 0 heterocycles. The number of nitro benzene ring substituents is 1. The summed E-state index contributed by atoms with van der Waals surface area (Å²) in [5.74, 6) is -0.116. The lowest BCUT2D eigenvalue weighted by Crippen LogP contribution is -2.39. The Morgan fingerprint density at radius 1 is 1.24 bits per heavy atom. The van der Waals surface area contributed by atoms with Gasteiger partial charge < -0.3 is 10.6 Å². The number of nitro groups is 1. The van der Waals surface area contributed by atoms with E-state index in [9.17, 15) is 14.9 Å². The van der Waals surface area contributed by atoms with Crippen molar-refractivity contribution in [2.45, 2.75) is 32.1 Å². The van der Waals surface area contributed by atoms with Gasteiger partial charge in [-0.3, -0.25) is 14.9 Å². The van der Waals surface area contributed by atoms with E-state index in [4.69, 9.17) is 12.2 Å². The average Bonchev–Trinajstić information content (AvgIpc) is 2.48. The largest absolute Gasteiger partial charge is 0.327 e. The third-order valence-electron chi connectivity index (χ3n) is 3.56. The predicted molar refractivity (Wildman–Crippen MR) is 84.0 cm³/mol. The predicted octanol–water partition coefficient (Wildman–Crippen LogP) is 2.99. The van der Waals surface area contributed by atoms with Gasteiger partial charge in [0.15, 0.2) is 5.11 Å². The third kappa shape index (κ3) is 4.22. The fraction of sp³-hybridized carbons (Fsp3) is 0.429. The monoisotopic (exact) mass is 307 g/mol. The van der Waals surface area contributed by atoms with Crippen molar-refractivity contribution >= 4 is 34.6 Å². The van der Waals surface area contributed by atoms with Crippen LogP contribution in [0.1, 0.15) is 32.1 Å². The summed E-state index contributed by atoms with van der Waals surface area (Å²) in [6.45, 7) is 0. The van der Waals surface area contributed by atoms with Gasteiger partial charge in [-0.1, -0.05) is 31.4 Å². The zero-order chi connectivity index (χ0) is 15.2. The molecule has 0 spiro atoms.